The van der Waals surface area contributed by atoms with E-state index in [1.165, 1.54) is 18.9 Å². The number of hydrogen-bond acceptors (Lipinski definition) is 4. The first-order valence-corrected chi connectivity index (χ1v) is 9.97. The van der Waals surface area contributed by atoms with Gasteiger partial charge in [0.25, 0.3) is 0 Å². The van der Waals surface area contributed by atoms with Gasteiger partial charge in [0, 0.05) is 6.04 Å². The number of unbranched alkanes of at least 4 members (excludes halogenated alkanes) is 3. The summed E-state index contributed by atoms with van der Waals surface area (Å²) in [6.07, 6.45) is 5.46. The fraction of sp³-hybridized carbons (Fsp3) is 0.714. The molecule has 1 aromatic heterocycles. The van der Waals surface area contributed by atoms with Gasteiger partial charge in [-0.15, -0.1) is 11.3 Å². The molecule has 0 radical (unpaired) electrons. The summed E-state index contributed by atoms with van der Waals surface area (Å²) in [7, 11) is -3.61. The summed E-state index contributed by atoms with van der Waals surface area (Å²) in [6, 6.07) is 2.58. The molecule has 0 amide bonds. The van der Waals surface area contributed by atoms with E-state index in [2.05, 4.69) is 11.6 Å². The Bertz CT molecular complexity index is 516. The van der Waals surface area contributed by atoms with Gasteiger partial charge in [-0.2, -0.15) is 0 Å². The predicted octanol–water partition coefficient (Wildman–Crippen LogP) is 3.65. The summed E-state index contributed by atoms with van der Waals surface area (Å²) in [5, 5.41) is 9.46. The van der Waals surface area contributed by atoms with Gasteiger partial charge in [0.1, 0.15) is 4.21 Å². The minimum atomic E-state index is -3.61. The summed E-state index contributed by atoms with van der Waals surface area (Å²) in [4.78, 5) is 0. The molecule has 21 heavy (non-hydrogen) atoms. The Kier molecular flexibility index (Phi) is 8.19. The second kappa shape index (κ2) is 9.10. The van der Waals surface area contributed by atoms with Crippen molar-refractivity contribution in [2.24, 2.45) is 5.92 Å². The van der Waals surface area contributed by atoms with Crippen LogP contribution in [-0.4, -0.2) is 26.2 Å². The Morgan fingerprint density at radius 3 is 2.57 bits per heavy atom. The Balaban J connectivity index is 2.60. The van der Waals surface area contributed by atoms with Crippen molar-refractivity contribution < 1.29 is 13.5 Å². The molecule has 0 saturated carbocycles. The number of thiophene rings is 1. The molecular weight excluding hydrogens is 330 g/mol. The minimum Gasteiger partial charge on any atom is -0.395 e. The zero-order valence-electron chi connectivity index (χ0n) is 12.5. The van der Waals surface area contributed by atoms with Gasteiger partial charge < -0.3 is 5.11 Å². The van der Waals surface area contributed by atoms with Gasteiger partial charge >= 0.3 is 0 Å². The second-order valence-electron chi connectivity index (χ2n) is 5.30. The first kappa shape index (κ1) is 18.9. The molecule has 2 unspecified atom stereocenters. The summed E-state index contributed by atoms with van der Waals surface area (Å²) < 4.78 is 27.7. The van der Waals surface area contributed by atoms with Crippen LogP contribution in [0.2, 0.25) is 4.34 Å². The van der Waals surface area contributed by atoms with Crippen molar-refractivity contribution in [2.45, 2.75) is 56.2 Å². The molecule has 0 aliphatic carbocycles. The summed E-state index contributed by atoms with van der Waals surface area (Å²) in [5.74, 6) is 0.0945. The van der Waals surface area contributed by atoms with Crippen LogP contribution >= 0.6 is 22.9 Å². The highest BCUT2D eigenvalue weighted by molar-refractivity contribution is 7.91. The van der Waals surface area contributed by atoms with Gasteiger partial charge in [0.2, 0.25) is 10.0 Å². The molecule has 2 N–H and O–H groups in total. The molecule has 1 heterocycles. The van der Waals surface area contributed by atoms with Crippen LogP contribution in [0.25, 0.3) is 0 Å². The number of rotatable bonds is 10. The molecule has 2 atom stereocenters. The van der Waals surface area contributed by atoms with Crippen molar-refractivity contribution in [3.05, 3.63) is 16.5 Å². The SMILES string of the molecule is CCCCCCC(C)C(CO)NS(=O)(=O)c1ccc(Cl)s1. The minimum absolute atomic E-state index is 0.0945. The Labute approximate surface area is 136 Å². The number of nitrogens with one attached hydrogen (secondary N) is 1. The lowest BCUT2D eigenvalue weighted by Gasteiger charge is -2.22. The van der Waals surface area contributed by atoms with Gasteiger partial charge in [-0.1, -0.05) is 51.1 Å². The monoisotopic (exact) mass is 353 g/mol. The first-order chi connectivity index (χ1) is 9.90. The van der Waals surface area contributed by atoms with E-state index < -0.39 is 16.1 Å². The maximum Gasteiger partial charge on any atom is 0.250 e. The second-order valence-corrected chi connectivity index (χ2v) is 8.95. The average molecular weight is 354 g/mol. The van der Waals surface area contributed by atoms with Crippen molar-refractivity contribution in [3.63, 3.8) is 0 Å². The number of halogens is 1. The molecule has 7 heteroatoms. The van der Waals surface area contributed by atoms with Crippen molar-refractivity contribution >= 4 is 33.0 Å². The lowest BCUT2D eigenvalue weighted by molar-refractivity contribution is 0.214. The van der Waals surface area contributed by atoms with Crippen LogP contribution in [0.5, 0.6) is 0 Å². The van der Waals surface area contributed by atoms with Crippen molar-refractivity contribution in [2.75, 3.05) is 6.61 Å². The molecule has 0 aromatic carbocycles. The van der Waals surface area contributed by atoms with E-state index in [-0.39, 0.29) is 16.7 Å². The molecule has 0 bridgehead atoms. The van der Waals surface area contributed by atoms with Crippen molar-refractivity contribution in [3.8, 4) is 0 Å². The van der Waals surface area contributed by atoms with Gasteiger partial charge in [-0.05, 0) is 24.5 Å². The van der Waals surface area contributed by atoms with Crippen LogP contribution in [0.1, 0.15) is 46.0 Å². The van der Waals surface area contributed by atoms with E-state index in [4.69, 9.17) is 11.6 Å². The van der Waals surface area contributed by atoms with Crippen LogP contribution < -0.4 is 4.72 Å². The first-order valence-electron chi connectivity index (χ1n) is 7.29. The molecule has 0 aliphatic heterocycles. The molecule has 122 valence electrons. The smallest absolute Gasteiger partial charge is 0.250 e. The normalized spacial score (nSPS) is 15.0. The molecule has 0 saturated heterocycles. The number of hydrogen-bond donors (Lipinski definition) is 2. The largest absolute Gasteiger partial charge is 0.395 e. The molecule has 0 aliphatic rings. The third kappa shape index (κ3) is 6.24. The van der Waals surface area contributed by atoms with Crippen LogP contribution in [0.15, 0.2) is 16.3 Å². The Morgan fingerprint density at radius 1 is 1.33 bits per heavy atom. The fourth-order valence-electron chi connectivity index (χ4n) is 2.13. The van der Waals surface area contributed by atoms with E-state index >= 15 is 0 Å². The molecule has 0 fully saturated rings. The number of aliphatic hydroxyl groups is 1. The van der Waals surface area contributed by atoms with Gasteiger partial charge in [0.05, 0.1) is 10.9 Å². The maximum atomic E-state index is 12.2. The third-order valence-corrected chi connectivity index (χ3v) is 6.73. The Morgan fingerprint density at radius 2 is 2.05 bits per heavy atom. The molecule has 4 nitrogen and oxygen atoms in total. The maximum absolute atomic E-state index is 12.2. The number of sulfonamides is 1. The summed E-state index contributed by atoms with van der Waals surface area (Å²) in [6.45, 7) is 3.92. The molecule has 1 aromatic rings. The fourth-order valence-corrected chi connectivity index (χ4v) is 4.96. The zero-order valence-corrected chi connectivity index (χ0v) is 14.9. The predicted molar refractivity (Wildman–Crippen MR) is 88.4 cm³/mol. The van der Waals surface area contributed by atoms with E-state index in [0.29, 0.717) is 4.34 Å². The lowest BCUT2D eigenvalue weighted by atomic mass is 9.96. The average Bonchev–Trinajstić information content (AvgIpc) is 2.88. The Hall–Kier alpha value is -0.140. The zero-order chi connectivity index (χ0) is 15.9. The highest BCUT2D eigenvalue weighted by atomic mass is 35.5. The van der Waals surface area contributed by atoms with Crippen LogP contribution in [0, 0.1) is 5.92 Å². The third-order valence-electron chi connectivity index (χ3n) is 3.52. The van der Waals surface area contributed by atoms with Crippen LogP contribution in [0.4, 0.5) is 0 Å². The van der Waals surface area contributed by atoms with E-state index in [1.807, 2.05) is 6.92 Å². The summed E-state index contributed by atoms with van der Waals surface area (Å²) >= 11 is 6.79. The molecule has 0 spiro atoms. The number of aliphatic hydroxyl groups excluding tert-OH is 1. The van der Waals surface area contributed by atoms with E-state index in [9.17, 15) is 13.5 Å². The molecular formula is C14H24ClNO3S2. The van der Waals surface area contributed by atoms with Crippen molar-refractivity contribution in [1.29, 1.82) is 0 Å². The lowest BCUT2D eigenvalue weighted by Crippen LogP contribution is -2.41. The highest BCUT2D eigenvalue weighted by Crippen LogP contribution is 2.26. The molecule has 1 rings (SSSR count). The van der Waals surface area contributed by atoms with Gasteiger partial charge in [-0.25, -0.2) is 13.1 Å². The highest BCUT2D eigenvalue weighted by Gasteiger charge is 2.25. The summed E-state index contributed by atoms with van der Waals surface area (Å²) in [5.41, 5.74) is 0. The van der Waals surface area contributed by atoms with E-state index in [1.54, 1.807) is 6.07 Å². The topological polar surface area (TPSA) is 66.4 Å². The van der Waals surface area contributed by atoms with Gasteiger partial charge in [0.15, 0.2) is 0 Å². The van der Waals surface area contributed by atoms with Crippen LogP contribution in [0.3, 0.4) is 0 Å². The standard InChI is InChI=1S/C14H24ClNO3S2/c1-3-4-5-6-7-11(2)12(10-17)16-21(18,19)14-9-8-13(15)20-14/h8-9,11-12,16-17H,3-7,10H2,1-2H3. The van der Waals surface area contributed by atoms with E-state index in [0.717, 1.165) is 30.6 Å². The quantitative estimate of drug-likeness (QED) is 0.631. The van der Waals surface area contributed by atoms with Crippen LogP contribution in [-0.2, 0) is 10.0 Å². The van der Waals surface area contributed by atoms with Crippen molar-refractivity contribution in [1.82, 2.24) is 4.72 Å². The van der Waals surface area contributed by atoms with Gasteiger partial charge in [-0.3, -0.25) is 0 Å².